The lowest BCUT2D eigenvalue weighted by Gasteiger charge is -2.11. The minimum atomic E-state index is -0.465. The first-order valence-electron chi connectivity index (χ1n) is 6.92. The van der Waals surface area contributed by atoms with Crippen molar-refractivity contribution in [1.29, 1.82) is 0 Å². The Bertz CT molecular complexity index is 443. The van der Waals surface area contributed by atoms with Crippen LogP contribution in [0.3, 0.4) is 0 Å². The highest BCUT2D eigenvalue weighted by Gasteiger charge is 2.11. The van der Waals surface area contributed by atoms with E-state index in [1.807, 2.05) is 26.0 Å². The molecule has 0 aliphatic heterocycles. The SMILES string of the molecule is CCC[C@H](N)C(=O)NCCNC(=O)c1ccc(C)cc1. The first-order valence-corrected chi connectivity index (χ1v) is 6.92. The van der Waals surface area contributed by atoms with Gasteiger partial charge in [-0.2, -0.15) is 0 Å². The topological polar surface area (TPSA) is 84.2 Å². The van der Waals surface area contributed by atoms with Crippen molar-refractivity contribution in [3.63, 3.8) is 0 Å². The molecule has 20 heavy (non-hydrogen) atoms. The molecule has 0 saturated carbocycles. The third kappa shape index (κ3) is 5.40. The number of nitrogens with two attached hydrogens (primary N) is 1. The lowest BCUT2D eigenvalue weighted by molar-refractivity contribution is -0.122. The molecule has 0 aliphatic carbocycles. The van der Waals surface area contributed by atoms with Crippen LogP contribution in [0.1, 0.15) is 35.7 Å². The van der Waals surface area contributed by atoms with Crippen LogP contribution in [0.25, 0.3) is 0 Å². The molecule has 0 unspecified atom stereocenters. The molecule has 5 heteroatoms. The maximum Gasteiger partial charge on any atom is 0.251 e. The monoisotopic (exact) mass is 277 g/mol. The van der Waals surface area contributed by atoms with Crippen molar-refractivity contribution in [3.8, 4) is 0 Å². The number of aryl methyl sites for hydroxylation is 1. The highest BCUT2D eigenvalue weighted by Crippen LogP contribution is 2.02. The Morgan fingerprint density at radius 2 is 1.75 bits per heavy atom. The lowest BCUT2D eigenvalue weighted by Crippen LogP contribution is -2.43. The van der Waals surface area contributed by atoms with Crippen LogP contribution in [0.15, 0.2) is 24.3 Å². The Morgan fingerprint density at radius 1 is 1.15 bits per heavy atom. The maximum absolute atomic E-state index is 11.8. The molecule has 0 saturated heterocycles. The van der Waals surface area contributed by atoms with E-state index in [4.69, 9.17) is 5.73 Å². The summed E-state index contributed by atoms with van der Waals surface area (Å²) in [6.45, 7) is 4.72. The van der Waals surface area contributed by atoms with E-state index >= 15 is 0 Å². The van der Waals surface area contributed by atoms with Gasteiger partial charge in [0.25, 0.3) is 5.91 Å². The second-order valence-electron chi connectivity index (χ2n) is 4.81. The molecule has 0 bridgehead atoms. The molecular weight excluding hydrogens is 254 g/mol. The van der Waals surface area contributed by atoms with Gasteiger partial charge in [-0.1, -0.05) is 31.0 Å². The predicted molar refractivity (Wildman–Crippen MR) is 79.4 cm³/mol. The number of hydrogen-bond acceptors (Lipinski definition) is 3. The van der Waals surface area contributed by atoms with Gasteiger partial charge in [-0.05, 0) is 25.5 Å². The van der Waals surface area contributed by atoms with E-state index in [1.54, 1.807) is 12.1 Å². The number of carbonyl (C=O) groups excluding carboxylic acids is 2. The van der Waals surface area contributed by atoms with Gasteiger partial charge in [0.1, 0.15) is 0 Å². The van der Waals surface area contributed by atoms with E-state index in [0.717, 1.165) is 12.0 Å². The maximum atomic E-state index is 11.8. The van der Waals surface area contributed by atoms with Crippen molar-refractivity contribution in [2.24, 2.45) is 5.73 Å². The lowest BCUT2D eigenvalue weighted by atomic mass is 10.1. The Balaban J connectivity index is 2.25. The van der Waals surface area contributed by atoms with E-state index in [0.29, 0.717) is 25.1 Å². The Kier molecular flexibility index (Phi) is 6.73. The molecule has 1 aromatic carbocycles. The predicted octanol–water partition coefficient (Wildman–Crippen LogP) is 0.968. The van der Waals surface area contributed by atoms with E-state index in [2.05, 4.69) is 10.6 Å². The van der Waals surface area contributed by atoms with Crippen molar-refractivity contribution >= 4 is 11.8 Å². The van der Waals surface area contributed by atoms with Crippen LogP contribution in [0.2, 0.25) is 0 Å². The smallest absolute Gasteiger partial charge is 0.251 e. The second-order valence-corrected chi connectivity index (χ2v) is 4.81. The van der Waals surface area contributed by atoms with Gasteiger partial charge >= 0.3 is 0 Å². The molecule has 2 amide bonds. The van der Waals surface area contributed by atoms with Crippen molar-refractivity contribution in [2.75, 3.05) is 13.1 Å². The molecule has 1 atom stereocenters. The largest absolute Gasteiger partial charge is 0.353 e. The average molecular weight is 277 g/mol. The van der Waals surface area contributed by atoms with E-state index in [-0.39, 0.29) is 11.8 Å². The molecule has 0 radical (unpaired) electrons. The van der Waals surface area contributed by atoms with Crippen molar-refractivity contribution in [3.05, 3.63) is 35.4 Å². The summed E-state index contributed by atoms with van der Waals surface area (Å²) in [6.07, 6.45) is 1.54. The fourth-order valence-corrected chi connectivity index (χ4v) is 1.74. The van der Waals surface area contributed by atoms with E-state index in [1.165, 1.54) is 0 Å². The third-order valence-electron chi connectivity index (χ3n) is 2.96. The van der Waals surface area contributed by atoms with E-state index in [9.17, 15) is 9.59 Å². The highest BCUT2D eigenvalue weighted by atomic mass is 16.2. The molecule has 110 valence electrons. The molecule has 1 rings (SSSR count). The highest BCUT2D eigenvalue weighted by molar-refractivity contribution is 5.94. The number of benzene rings is 1. The summed E-state index contributed by atoms with van der Waals surface area (Å²) in [5.74, 6) is -0.312. The molecule has 1 aromatic rings. The van der Waals surface area contributed by atoms with Crippen LogP contribution in [-0.2, 0) is 4.79 Å². The summed E-state index contributed by atoms with van der Waals surface area (Å²) in [7, 11) is 0. The molecule has 4 N–H and O–H groups in total. The van der Waals surface area contributed by atoms with Crippen molar-refractivity contribution in [2.45, 2.75) is 32.7 Å². The van der Waals surface area contributed by atoms with Gasteiger partial charge in [-0.3, -0.25) is 9.59 Å². The van der Waals surface area contributed by atoms with Gasteiger partial charge in [-0.25, -0.2) is 0 Å². The van der Waals surface area contributed by atoms with Gasteiger partial charge in [0, 0.05) is 18.7 Å². The van der Waals surface area contributed by atoms with Crippen LogP contribution in [0.5, 0.6) is 0 Å². The summed E-state index contributed by atoms with van der Waals surface area (Å²) in [5, 5.41) is 5.45. The standard InChI is InChI=1S/C15H23N3O2/c1-3-4-13(16)15(20)18-10-9-17-14(19)12-7-5-11(2)6-8-12/h5-8,13H,3-4,9-10,16H2,1-2H3,(H,17,19)(H,18,20)/t13-/m0/s1. The molecule has 0 heterocycles. The van der Waals surface area contributed by atoms with Gasteiger partial charge < -0.3 is 16.4 Å². The van der Waals surface area contributed by atoms with Gasteiger partial charge in [0.05, 0.1) is 6.04 Å². The molecular formula is C15H23N3O2. The summed E-state index contributed by atoms with van der Waals surface area (Å²) in [4.78, 5) is 23.3. The number of amides is 2. The van der Waals surface area contributed by atoms with Gasteiger partial charge in [-0.15, -0.1) is 0 Å². The Hall–Kier alpha value is -1.88. The minimum Gasteiger partial charge on any atom is -0.353 e. The molecule has 0 aromatic heterocycles. The fraction of sp³-hybridized carbons (Fsp3) is 0.467. The van der Waals surface area contributed by atoms with Crippen LogP contribution in [-0.4, -0.2) is 30.9 Å². The summed E-state index contributed by atoms with van der Waals surface area (Å²) in [5.41, 5.74) is 7.40. The van der Waals surface area contributed by atoms with Gasteiger partial charge in [0.2, 0.25) is 5.91 Å². The summed E-state index contributed by atoms with van der Waals surface area (Å²) < 4.78 is 0. The molecule has 5 nitrogen and oxygen atoms in total. The number of rotatable bonds is 7. The van der Waals surface area contributed by atoms with Gasteiger partial charge in [0.15, 0.2) is 0 Å². The van der Waals surface area contributed by atoms with E-state index < -0.39 is 6.04 Å². The van der Waals surface area contributed by atoms with Crippen LogP contribution < -0.4 is 16.4 Å². The van der Waals surface area contributed by atoms with Crippen molar-refractivity contribution < 1.29 is 9.59 Å². The number of hydrogen-bond donors (Lipinski definition) is 3. The zero-order chi connectivity index (χ0) is 15.0. The minimum absolute atomic E-state index is 0.142. The fourth-order valence-electron chi connectivity index (χ4n) is 1.74. The number of nitrogens with one attached hydrogen (secondary N) is 2. The molecule has 0 spiro atoms. The zero-order valence-electron chi connectivity index (χ0n) is 12.1. The first-order chi connectivity index (χ1) is 9.54. The average Bonchev–Trinajstić information content (AvgIpc) is 2.44. The quantitative estimate of drug-likeness (QED) is 0.649. The van der Waals surface area contributed by atoms with Crippen molar-refractivity contribution in [1.82, 2.24) is 10.6 Å². The molecule has 0 aliphatic rings. The normalized spacial score (nSPS) is 11.8. The van der Waals surface area contributed by atoms with Crippen LogP contribution >= 0.6 is 0 Å². The third-order valence-corrected chi connectivity index (χ3v) is 2.96. The summed E-state index contributed by atoms with van der Waals surface area (Å²) in [6, 6.07) is 6.87. The van der Waals surface area contributed by atoms with Crippen LogP contribution in [0, 0.1) is 6.92 Å². The zero-order valence-corrected chi connectivity index (χ0v) is 12.1. The first kappa shape index (κ1) is 16.2. The molecule has 0 fully saturated rings. The Morgan fingerprint density at radius 3 is 2.35 bits per heavy atom. The summed E-state index contributed by atoms with van der Waals surface area (Å²) >= 11 is 0. The second kappa shape index (κ2) is 8.32. The number of carbonyl (C=O) groups is 2. The Labute approximate surface area is 119 Å². The van der Waals surface area contributed by atoms with Crippen LogP contribution in [0.4, 0.5) is 0 Å².